The Hall–Kier alpha value is -3.76. The molecule has 0 radical (unpaired) electrons. The lowest BCUT2D eigenvalue weighted by Crippen LogP contribution is -2.23. The van der Waals surface area contributed by atoms with Crippen molar-refractivity contribution in [2.75, 3.05) is 11.1 Å². The average molecular weight is 493 g/mol. The van der Waals surface area contributed by atoms with E-state index in [1.54, 1.807) is 25.1 Å². The maximum Gasteiger partial charge on any atom is 0.293 e. The zero-order valence-electron chi connectivity index (χ0n) is 18.2. The highest BCUT2D eigenvalue weighted by Gasteiger charge is 2.20. The van der Waals surface area contributed by atoms with Gasteiger partial charge in [0.2, 0.25) is 5.91 Å². The summed E-state index contributed by atoms with van der Waals surface area (Å²) >= 11 is 2.47. The van der Waals surface area contributed by atoms with Crippen LogP contribution >= 0.6 is 23.1 Å². The van der Waals surface area contributed by atoms with Gasteiger partial charge in [0.1, 0.15) is 10.5 Å². The van der Waals surface area contributed by atoms with Crippen LogP contribution in [0.3, 0.4) is 0 Å². The van der Waals surface area contributed by atoms with Crippen molar-refractivity contribution in [2.24, 2.45) is 0 Å². The van der Waals surface area contributed by atoms with Crippen LogP contribution in [0.25, 0.3) is 21.3 Å². The molecule has 0 unspecified atom stereocenters. The second-order valence-corrected chi connectivity index (χ2v) is 9.16. The number of amides is 1. The molecule has 0 aliphatic heterocycles. The second kappa shape index (κ2) is 10.0. The quantitative estimate of drug-likeness (QED) is 0.118. The van der Waals surface area contributed by atoms with Gasteiger partial charge < -0.3 is 5.32 Å². The Bertz CT molecular complexity index is 1460. The van der Waals surface area contributed by atoms with E-state index in [1.807, 2.05) is 35.7 Å². The summed E-state index contributed by atoms with van der Waals surface area (Å²) in [6.45, 7) is 5.66. The summed E-state index contributed by atoms with van der Waals surface area (Å²) in [5, 5.41) is 16.8. The van der Waals surface area contributed by atoms with Gasteiger partial charge in [-0.15, -0.1) is 17.9 Å². The van der Waals surface area contributed by atoms with Crippen LogP contribution in [0.1, 0.15) is 5.56 Å². The summed E-state index contributed by atoms with van der Waals surface area (Å²) in [4.78, 5) is 42.0. The molecule has 8 nitrogen and oxygen atoms in total. The van der Waals surface area contributed by atoms with Gasteiger partial charge in [-0.25, -0.2) is 4.98 Å². The summed E-state index contributed by atoms with van der Waals surface area (Å²) in [5.41, 5.74) is 2.11. The molecule has 0 aliphatic rings. The fourth-order valence-corrected chi connectivity index (χ4v) is 5.31. The Balaban J connectivity index is 1.63. The molecule has 2 aromatic carbocycles. The molecule has 34 heavy (non-hydrogen) atoms. The smallest absolute Gasteiger partial charge is 0.293 e. The van der Waals surface area contributed by atoms with Crippen molar-refractivity contribution >= 4 is 50.6 Å². The first-order valence-electron chi connectivity index (χ1n) is 10.3. The minimum absolute atomic E-state index is 0.0719. The van der Waals surface area contributed by atoms with Crippen molar-refractivity contribution in [3.05, 3.63) is 92.6 Å². The van der Waals surface area contributed by atoms with Crippen molar-refractivity contribution < 1.29 is 9.72 Å². The van der Waals surface area contributed by atoms with Crippen LogP contribution in [-0.4, -0.2) is 26.1 Å². The van der Waals surface area contributed by atoms with E-state index in [1.165, 1.54) is 22.0 Å². The predicted molar refractivity (Wildman–Crippen MR) is 137 cm³/mol. The molecule has 0 saturated carbocycles. The molecule has 0 bridgehead atoms. The Morgan fingerprint density at radius 2 is 2.03 bits per heavy atom. The number of allylic oxidation sites excluding steroid dienone is 1. The highest BCUT2D eigenvalue weighted by atomic mass is 32.2. The fourth-order valence-electron chi connectivity index (χ4n) is 3.51. The van der Waals surface area contributed by atoms with Crippen molar-refractivity contribution in [1.29, 1.82) is 0 Å². The van der Waals surface area contributed by atoms with Gasteiger partial charge in [0.15, 0.2) is 5.16 Å². The minimum atomic E-state index is -0.534. The number of thioether (sulfide) groups is 1. The normalized spacial score (nSPS) is 10.9. The maximum atomic E-state index is 13.4. The first kappa shape index (κ1) is 23.4. The lowest BCUT2D eigenvalue weighted by Gasteiger charge is -2.12. The number of aromatic nitrogens is 2. The van der Waals surface area contributed by atoms with Gasteiger partial charge in [-0.2, -0.15) is 0 Å². The lowest BCUT2D eigenvalue weighted by molar-refractivity contribution is -0.384. The van der Waals surface area contributed by atoms with E-state index < -0.39 is 10.8 Å². The topological polar surface area (TPSA) is 107 Å². The number of carbonyl (C=O) groups is 1. The van der Waals surface area contributed by atoms with E-state index >= 15 is 0 Å². The van der Waals surface area contributed by atoms with Gasteiger partial charge in [-0.05, 0) is 18.1 Å². The SMILES string of the molecule is C=CCn1c(SCC(=O)Nc2c(C)cccc2[N+](=O)[O-])nc2scc(-c3ccccc3)c2c1=O. The van der Waals surface area contributed by atoms with E-state index in [4.69, 9.17) is 0 Å². The third-order valence-corrected chi connectivity index (χ3v) is 6.95. The van der Waals surface area contributed by atoms with Crippen molar-refractivity contribution in [1.82, 2.24) is 9.55 Å². The number of para-hydroxylation sites is 1. The molecular weight excluding hydrogens is 472 g/mol. The number of nitro benzene ring substituents is 1. The van der Waals surface area contributed by atoms with Crippen molar-refractivity contribution in [3.8, 4) is 11.1 Å². The highest BCUT2D eigenvalue weighted by molar-refractivity contribution is 7.99. The summed E-state index contributed by atoms with van der Waals surface area (Å²) in [6, 6.07) is 14.2. The lowest BCUT2D eigenvalue weighted by atomic mass is 10.1. The van der Waals surface area contributed by atoms with Gasteiger partial charge in [-0.3, -0.25) is 24.3 Å². The van der Waals surface area contributed by atoms with Crippen LogP contribution in [0.2, 0.25) is 0 Å². The van der Waals surface area contributed by atoms with Crippen molar-refractivity contribution in [2.45, 2.75) is 18.6 Å². The number of fused-ring (bicyclic) bond motifs is 1. The number of thiophene rings is 1. The Kier molecular flexibility index (Phi) is 6.90. The zero-order chi connectivity index (χ0) is 24.2. The van der Waals surface area contributed by atoms with Gasteiger partial charge in [-0.1, -0.05) is 60.3 Å². The number of nitrogens with one attached hydrogen (secondary N) is 1. The number of hydrogen-bond acceptors (Lipinski definition) is 7. The van der Waals surface area contributed by atoms with Gasteiger partial charge in [0.25, 0.3) is 11.2 Å². The van der Waals surface area contributed by atoms with Crippen LogP contribution in [0, 0.1) is 17.0 Å². The number of carbonyl (C=O) groups excluding carboxylic acids is 1. The first-order valence-corrected chi connectivity index (χ1v) is 12.1. The summed E-state index contributed by atoms with van der Waals surface area (Å²) in [6.07, 6.45) is 1.60. The highest BCUT2D eigenvalue weighted by Crippen LogP contribution is 2.32. The molecule has 0 aliphatic carbocycles. The minimum Gasteiger partial charge on any atom is -0.319 e. The maximum absolute atomic E-state index is 13.4. The second-order valence-electron chi connectivity index (χ2n) is 7.36. The van der Waals surface area contributed by atoms with Crippen LogP contribution in [0.4, 0.5) is 11.4 Å². The summed E-state index contributed by atoms with van der Waals surface area (Å²) in [7, 11) is 0. The molecule has 0 saturated heterocycles. The molecule has 4 aromatic rings. The molecule has 4 rings (SSSR count). The third kappa shape index (κ3) is 4.63. The monoisotopic (exact) mass is 492 g/mol. The van der Waals surface area contributed by atoms with E-state index in [0.717, 1.165) is 22.9 Å². The van der Waals surface area contributed by atoms with Gasteiger partial charge in [0.05, 0.1) is 16.1 Å². The number of anilines is 1. The zero-order valence-corrected chi connectivity index (χ0v) is 19.8. The summed E-state index contributed by atoms with van der Waals surface area (Å²) < 4.78 is 1.49. The molecule has 0 fully saturated rings. The number of hydrogen-bond donors (Lipinski definition) is 1. The fraction of sp³-hybridized carbons (Fsp3) is 0.125. The molecule has 0 spiro atoms. The third-order valence-electron chi connectivity index (χ3n) is 5.10. The molecule has 0 atom stereocenters. The van der Waals surface area contributed by atoms with E-state index in [-0.39, 0.29) is 29.2 Å². The van der Waals surface area contributed by atoms with Crippen LogP contribution < -0.4 is 10.9 Å². The number of benzene rings is 2. The molecule has 10 heteroatoms. The standard InChI is InChI=1S/C24H20N4O4S2/c1-3-12-27-23(30)20-17(16-9-5-4-6-10-16)13-33-22(20)26-24(27)34-14-19(29)25-21-15(2)8-7-11-18(21)28(31)32/h3-11,13H,1,12,14H2,2H3,(H,25,29). The molecule has 2 heterocycles. The first-order chi connectivity index (χ1) is 16.4. The number of nitro groups is 1. The number of rotatable bonds is 8. The molecular formula is C24H20N4O4S2. The van der Waals surface area contributed by atoms with Crippen LogP contribution in [0.15, 0.2) is 76.5 Å². The number of aryl methyl sites for hydroxylation is 1. The molecule has 2 aromatic heterocycles. The van der Waals surface area contributed by atoms with Gasteiger partial charge >= 0.3 is 0 Å². The largest absolute Gasteiger partial charge is 0.319 e. The van der Waals surface area contributed by atoms with E-state index in [2.05, 4.69) is 16.9 Å². The predicted octanol–water partition coefficient (Wildman–Crippen LogP) is 5.26. The number of nitrogens with zero attached hydrogens (tertiary/aromatic N) is 3. The molecule has 1 N–H and O–H groups in total. The summed E-state index contributed by atoms with van der Waals surface area (Å²) in [5.74, 6) is -0.504. The van der Waals surface area contributed by atoms with Gasteiger partial charge in [0, 0.05) is 23.6 Å². The molecule has 172 valence electrons. The molecule has 1 amide bonds. The van der Waals surface area contributed by atoms with Crippen LogP contribution in [-0.2, 0) is 11.3 Å². The van der Waals surface area contributed by atoms with E-state index in [0.29, 0.717) is 20.9 Å². The van der Waals surface area contributed by atoms with Crippen LogP contribution in [0.5, 0.6) is 0 Å². The average Bonchev–Trinajstić information content (AvgIpc) is 3.26. The van der Waals surface area contributed by atoms with E-state index in [9.17, 15) is 19.7 Å². The Morgan fingerprint density at radius 1 is 1.26 bits per heavy atom. The Morgan fingerprint density at radius 3 is 2.74 bits per heavy atom. The van der Waals surface area contributed by atoms with Crippen molar-refractivity contribution in [3.63, 3.8) is 0 Å². The Labute approximate surface area is 203 Å².